The molecule has 0 spiro atoms. The van der Waals surface area contributed by atoms with Crippen molar-refractivity contribution in [2.24, 2.45) is 0 Å². The van der Waals surface area contributed by atoms with Crippen molar-refractivity contribution in [3.8, 4) is 0 Å². The molecule has 1 aliphatic rings. The van der Waals surface area contributed by atoms with Crippen LogP contribution in [0, 0.1) is 0 Å². The normalized spacial score (nSPS) is 18.2. The van der Waals surface area contributed by atoms with Gasteiger partial charge >= 0.3 is 0 Å². The van der Waals surface area contributed by atoms with Crippen molar-refractivity contribution in [1.29, 1.82) is 0 Å². The molecule has 96 valence electrons. The molecular weight excluding hydrogens is 230 g/mol. The average molecular weight is 253 g/mol. The largest absolute Gasteiger partial charge is 0.377 e. The molecule has 0 atom stereocenters. The molecule has 1 aromatic rings. The third-order valence-electron chi connectivity index (χ3n) is 3.53. The minimum absolute atomic E-state index is 0.298. The molecule has 0 bridgehead atoms. The molecule has 1 aliphatic heterocycles. The van der Waals surface area contributed by atoms with E-state index in [1.54, 1.807) is 11.3 Å². The molecule has 1 fully saturated rings. The van der Waals surface area contributed by atoms with Gasteiger partial charge in [0.1, 0.15) is 0 Å². The summed E-state index contributed by atoms with van der Waals surface area (Å²) in [5.74, 6) is 0. The Kier molecular flexibility index (Phi) is 4.42. The smallest absolute Gasteiger partial charge is 0.0882 e. The Balaban J connectivity index is 1.76. The standard InChI is InChI=1S/C13H23N3S/c1-13(2,16-9-7-14-8-10-16)5-6-15-12-4-3-11-17-12/h3-4,11,14-15H,5-10H2,1-2H3. The lowest BCUT2D eigenvalue weighted by atomic mass is 9.97. The van der Waals surface area contributed by atoms with Crippen molar-refractivity contribution in [2.75, 3.05) is 38.0 Å². The Labute approximate surface area is 108 Å². The van der Waals surface area contributed by atoms with E-state index in [0.29, 0.717) is 5.54 Å². The van der Waals surface area contributed by atoms with Crippen LogP contribution in [0.15, 0.2) is 17.5 Å². The molecule has 0 unspecified atom stereocenters. The zero-order chi connectivity index (χ0) is 12.1. The lowest BCUT2D eigenvalue weighted by Crippen LogP contribution is -2.53. The maximum atomic E-state index is 3.50. The number of nitrogens with zero attached hydrogens (tertiary/aromatic N) is 1. The topological polar surface area (TPSA) is 27.3 Å². The Morgan fingerprint density at radius 3 is 2.82 bits per heavy atom. The van der Waals surface area contributed by atoms with Crippen molar-refractivity contribution in [3.63, 3.8) is 0 Å². The second-order valence-electron chi connectivity index (χ2n) is 5.20. The first kappa shape index (κ1) is 12.9. The van der Waals surface area contributed by atoms with Crippen LogP contribution in [0.5, 0.6) is 0 Å². The van der Waals surface area contributed by atoms with Crippen LogP contribution in [0.3, 0.4) is 0 Å². The monoisotopic (exact) mass is 253 g/mol. The molecule has 17 heavy (non-hydrogen) atoms. The van der Waals surface area contributed by atoms with Crippen LogP contribution >= 0.6 is 11.3 Å². The van der Waals surface area contributed by atoms with Gasteiger partial charge in [0.25, 0.3) is 0 Å². The van der Waals surface area contributed by atoms with Gasteiger partial charge in [0.15, 0.2) is 0 Å². The molecule has 0 aromatic carbocycles. The SMILES string of the molecule is CC(C)(CCNc1cccs1)N1CCNCC1. The van der Waals surface area contributed by atoms with Crippen molar-refractivity contribution in [1.82, 2.24) is 10.2 Å². The van der Waals surface area contributed by atoms with Gasteiger partial charge in [-0.05, 0) is 37.8 Å². The number of piperazine rings is 1. The summed E-state index contributed by atoms with van der Waals surface area (Å²) in [6.07, 6.45) is 1.19. The highest BCUT2D eigenvalue weighted by molar-refractivity contribution is 7.14. The summed E-state index contributed by atoms with van der Waals surface area (Å²) in [5, 5.41) is 10.3. The van der Waals surface area contributed by atoms with Crippen LogP contribution < -0.4 is 10.6 Å². The first-order valence-corrected chi connectivity index (χ1v) is 7.30. The van der Waals surface area contributed by atoms with Crippen LogP contribution in [-0.2, 0) is 0 Å². The molecule has 4 heteroatoms. The first-order valence-electron chi connectivity index (χ1n) is 6.42. The molecule has 2 heterocycles. The van der Waals surface area contributed by atoms with Gasteiger partial charge in [-0.3, -0.25) is 4.90 Å². The van der Waals surface area contributed by atoms with E-state index in [1.807, 2.05) is 0 Å². The van der Waals surface area contributed by atoms with E-state index < -0.39 is 0 Å². The zero-order valence-electron chi connectivity index (χ0n) is 10.8. The average Bonchev–Trinajstić information content (AvgIpc) is 2.83. The Morgan fingerprint density at radius 2 is 2.18 bits per heavy atom. The maximum absolute atomic E-state index is 3.50. The molecule has 0 aliphatic carbocycles. The first-order chi connectivity index (χ1) is 8.18. The van der Waals surface area contributed by atoms with Gasteiger partial charge in [-0.25, -0.2) is 0 Å². The molecular formula is C13H23N3S. The molecule has 0 radical (unpaired) electrons. The van der Waals surface area contributed by atoms with E-state index >= 15 is 0 Å². The highest BCUT2D eigenvalue weighted by atomic mass is 32.1. The number of rotatable bonds is 5. The summed E-state index contributed by atoms with van der Waals surface area (Å²) in [6, 6.07) is 4.23. The predicted molar refractivity (Wildman–Crippen MR) is 75.9 cm³/mol. The van der Waals surface area contributed by atoms with Crippen LogP contribution in [0.1, 0.15) is 20.3 Å². The van der Waals surface area contributed by atoms with E-state index in [1.165, 1.54) is 24.5 Å². The Hall–Kier alpha value is -0.580. The number of hydrogen-bond acceptors (Lipinski definition) is 4. The van der Waals surface area contributed by atoms with E-state index in [9.17, 15) is 0 Å². The van der Waals surface area contributed by atoms with Gasteiger partial charge in [0.05, 0.1) is 5.00 Å². The maximum Gasteiger partial charge on any atom is 0.0882 e. The van der Waals surface area contributed by atoms with E-state index in [2.05, 4.69) is 46.9 Å². The van der Waals surface area contributed by atoms with E-state index in [4.69, 9.17) is 0 Å². The van der Waals surface area contributed by atoms with Gasteiger partial charge in [-0.15, -0.1) is 11.3 Å². The van der Waals surface area contributed by atoms with Crippen molar-refractivity contribution >= 4 is 16.3 Å². The van der Waals surface area contributed by atoms with Gasteiger partial charge in [-0.2, -0.15) is 0 Å². The summed E-state index contributed by atoms with van der Waals surface area (Å²) in [7, 11) is 0. The summed E-state index contributed by atoms with van der Waals surface area (Å²) in [5.41, 5.74) is 0.298. The molecule has 0 amide bonds. The quantitative estimate of drug-likeness (QED) is 0.842. The number of hydrogen-bond donors (Lipinski definition) is 2. The molecule has 3 nitrogen and oxygen atoms in total. The van der Waals surface area contributed by atoms with Crippen molar-refractivity contribution in [2.45, 2.75) is 25.8 Å². The number of anilines is 1. The number of nitrogens with one attached hydrogen (secondary N) is 2. The molecule has 2 rings (SSSR count). The summed E-state index contributed by atoms with van der Waals surface area (Å²) in [6.45, 7) is 10.4. The molecule has 1 aromatic heterocycles. The highest BCUT2D eigenvalue weighted by Crippen LogP contribution is 2.21. The van der Waals surface area contributed by atoms with E-state index in [-0.39, 0.29) is 0 Å². The summed E-state index contributed by atoms with van der Waals surface area (Å²) >= 11 is 1.77. The van der Waals surface area contributed by atoms with Crippen LogP contribution in [0.2, 0.25) is 0 Å². The second kappa shape index (κ2) is 5.85. The van der Waals surface area contributed by atoms with E-state index in [0.717, 1.165) is 19.6 Å². The predicted octanol–water partition coefficient (Wildman–Crippen LogP) is 2.23. The van der Waals surface area contributed by atoms with Crippen LogP contribution in [0.4, 0.5) is 5.00 Å². The van der Waals surface area contributed by atoms with Crippen molar-refractivity contribution in [3.05, 3.63) is 17.5 Å². The molecule has 0 saturated carbocycles. The second-order valence-corrected chi connectivity index (χ2v) is 6.15. The highest BCUT2D eigenvalue weighted by Gasteiger charge is 2.27. The van der Waals surface area contributed by atoms with Gasteiger partial charge in [0, 0.05) is 38.3 Å². The summed E-state index contributed by atoms with van der Waals surface area (Å²) in [4.78, 5) is 2.60. The Morgan fingerprint density at radius 1 is 1.41 bits per heavy atom. The van der Waals surface area contributed by atoms with Gasteiger partial charge in [0.2, 0.25) is 0 Å². The third kappa shape index (κ3) is 3.69. The van der Waals surface area contributed by atoms with Gasteiger partial charge < -0.3 is 10.6 Å². The minimum Gasteiger partial charge on any atom is -0.377 e. The zero-order valence-corrected chi connectivity index (χ0v) is 11.6. The van der Waals surface area contributed by atoms with Crippen LogP contribution in [0.25, 0.3) is 0 Å². The molecule has 1 saturated heterocycles. The fraction of sp³-hybridized carbons (Fsp3) is 0.692. The minimum atomic E-state index is 0.298. The lowest BCUT2D eigenvalue weighted by Gasteiger charge is -2.41. The lowest BCUT2D eigenvalue weighted by molar-refractivity contribution is 0.0987. The fourth-order valence-electron chi connectivity index (χ4n) is 2.30. The summed E-state index contributed by atoms with van der Waals surface area (Å²) < 4.78 is 0. The van der Waals surface area contributed by atoms with Crippen LogP contribution in [-0.4, -0.2) is 43.2 Å². The number of thiophene rings is 1. The molecule has 2 N–H and O–H groups in total. The third-order valence-corrected chi connectivity index (χ3v) is 4.36. The fourth-order valence-corrected chi connectivity index (χ4v) is 2.95. The Bertz CT molecular complexity index is 315. The van der Waals surface area contributed by atoms with Gasteiger partial charge in [-0.1, -0.05) is 0 Å². The van der Waals surface area contributed by atoms with Crippen molar-refractivity contribution < 1.29 is 0 Å².